The SMILES string of the molecule is Nc1ccc(C(=O)N[C@H](CCC(=O)O)C(=O)O)c(C(F)(F)F)c1. The molecular weight excluding hydrogens is 321 g/mol. The van der Waals surface area contributed by atoms with Gasteiger partial charge in [-0.05, 0) is 24.6 Å². The number of carbonyl (C=O) groups excluding carboxylic acids is 1. The summed E-state index contributed by atoms with van der Waals surface area (Å²) < 4.78 is 38.7. The van der Waals surface area contributed by atoms with Crippen LogP contribution in [0.5, 0.6) is 0 Å². The molecule has 0 unspecified atom stereocenters. The van der Waals surface area contributed by atoms with Crippen molar-refractivity contribution in [3.05, 3.63) is 29.3 Å². The molecule has 0 heterocycles. The smallest absolute Gasteiger partial charge is 0.417 e. The van der Waals surface area contributed by atoms with Gasteiger partial charge in [0.25, 0.3) is 5.91 Å². The zero-order valence-electron chi connectivity index (χ0n) is 11.6. The van der Waals surface area contributed by atoms with Gasteiger partial charge in [-0.15, -0.1) is 0 Å². The third kappa shape index (κ3) is 5.16. The highest BCUT2D eigenvalue weighted by molar-refractivity contribution is 5.98. The Morgan fingerprint density at radius 2 is 1.83 bits per heavy atom. The van der Waals surface area contributed by atoms with E-state index in [4.69, 9.17) is 15.9 Å². The van der Waals surface area contributed by atoms with E-state index in [0.717, 1.165) is 12.1 Å². The molecule has 1 atom stereocenters. The maximum atomic E-state index is 12.9. The van der Waals surface area contributed by atoms with Crippen LogP contribution in [0.25, 0.3) is 0 Å². The number of carboxylic acid groups (broad SMARTS) is 2. The van der Waals surface area contributed by atoms with E-state index in [1.54, 1.807) is 0 Å². The van der Waals surface area contributed by atoms with E-state index in [9.17, 15) is 27.6 Å². The first-order valence-electron chi connectivity index (χ1n) is 6.24. The number of hydrogen-bond donors (Lipinski definition) is 4. The summed E-state index contributed by atoms with van der Waals surface area (Å²) in [7, 11) is 0. The minimum Gasteiger partial charge on any atom is -0.481 e. The van der Waals surface area contributed by atoms with E-state index < -0.39 is 54.0 Å². The van der Waals surface area contributed by atoms with Gasteiger partial charge < -0.3 is 21.3 Å². The summed E-state index contributed by atoms with van der Waals surface area (Å²) in [5, 5.41) is 19.3. The molecule has 126 valence electrons. The quantitative estimate of drug-likeness (QED) is 0.581. The summed E-state index contributed by atoms with van der Waals surface area (Å²) in [6, 6.07) is 0.820. The van der Waals surface area contributed by atoms with Crippen LogP contribution in [0, 0.1) is 0 Å². The number of benzene rings is 1. The van der Waals surface area contributed by atoms with E-state index in [2.05, 4.69) is 0 Å². The zero-order valence-corrected chi connectivity index (χ0v) is 11.6. The predicted octanol–water partition coefficient (Wildman–Crippen LogP) is 1.34. The normalized spacial score (nSPS) is 12.5. The Morgan fingerprint density at radius 3 is 2.30 bits per heavy atom. The molecule has 7 nitrogen and oxygen atoms in total. The molecule has 0 saturated carbocycles. The van der Waals surface area contributed by atoms with Gasteiger partial charge in [0.05, 0.1) is 11.1 Å². The molecule has 0 aliphatic rings. The van der Waals surface area contributed by atoms with Crippen molar-refractivity contribution in [2.75, 3.05) is 5.73 Å². The van der Waals surface area contributed by atoms with Crippen molar-refractivity contribution >= 4 is 23.5 Å². The predicted molar refractivity (Wildman–Crippen MR) is 71.6 cm³/mol. The number of hydrogen-bond acceptors (Lipinski definition) is 4. The van der Waals surface area contributed by atoms with E-state index in [0.29, 0.717) is 6.07 Å². The van der Waals surface area contributed by atoms with Crippen LogP contribution >= 0.6 is 0 Å². The molecule has 0 radical (unpaired) electrons. The minimum absolute atomic E-state index is 0.213. The van der Waals surface area contributed by atoms with E-state index in [1.807, 2.05) is 5.32 Å². The highest BCUT2D eigenvalue weighted by Crippen LogP contribution is 2.33. The summed E-state index contributed by atoms with van der Waals surface area (Å²) >= 11 is 0. The Morgan fingerprint density at radius 1 is 1.22 bits per heavy atom. The molecule has 1 aromatic rings. The maximum Gasteiger partial charge on any atom is 0.417 e. The standard InChI is InChI=1S/C13H13F3N2O5/c14-13(15,16)8-5-6(17)1-2-7(8)11(21)18-9(12(22)23)3-4-10(19)20/h1-2,5,9H,3-4,17H2,(H,18,21)(H,19,20)(H,22,23)/t9-/m1/s1. The number of carboxylic acids is 2. The lowest BCUT2D eigenvalue weighted by atomic mass is 10.0. The molecule has 1 rings (SSSR count). The van der Waals surface area contributed by atoms with Crippen LogP contribution in [0.2, 0.25) is 0 Å². The van der Waals surface area contributed by atoms with Crippen LogP contribution in [0.3, 0.4) is 0 Å². The minimum atomic E-state index is -4.86. The number of nitrogen functional groups attached to an aromatic ring is 1. The molecule has 0 spiro atoms. The largest absolute Gasteiger partial charge is 0.481 e. The van der Waals surface area contributed by atoms with Gasteiger partial charge >= 0.3 is 18.1 Å². The average Bonchev–Trinajstić information content (AvgIpc) is 2.41. The Bertz CT molecular complexity index is 631. The lowest BCUT2D eigenvalue weighted by Crippen LogP contribution is -2.41. The monoisotopic (exact) mass is 334 g/mol. The van der Waals surface area contributed by atoms with Gasteiger partial charge in [-0.2, -0.15) is 13.2 Å². The molecule has 0 bridgehead atoms. The average molecular weight is 334 g/mol. The van der Waals surface area contributed by atoms with Crippen LogP contribution in [0.4, 0.5) is 18.9 Å². The van der Waals surface area contributed by atoms with E-state index >= 15 is 0 Å². The lowest BCUT2D eigenvalue weighted by molar-refractivity contribution is -0.140. The van der Waals surface area contributed by atoms with Crippen LogP contribution in [-0.4, -0.2) is 34.1 Å². The van der Waals surface area contributed by atoms with Crippen LogP contribution in [0.1, 0.15) is 28.8 Å². The first kappa shape index (κ1) is 18.3. The van der Waals surface area contributed by atoms with E-state index in [1.165, 1.54) is 0 Å². The van der Waals surface area contributed by atoms with Gasteiger partial charge in [-0.3, -0.25) is 9.59 Å². The molecule has 10 heteroatoms. The first-order valence-corrected chi connectivity index (χ1v) is 6.24. The van der Waals surface area contributed by atoms with E-state index in [-0.39, 0.29) is 5.69 Å². The maximum absolute atomic E-state index is 12.9. The third-order valence-corrected chi connectivity index (χ3v) is 2.84. The molecule has 0 saturated heterocycles. The van der Waals surface area contributed by atoms with Crippen molar-refractivity contribution in [3.8, 4) is 0 Å². The summed E-state index contributed by atoms with van der Waals surface area (Å²) in [5.41, 5.74) is 2.94. The van der Waals surface area contributed by atoms with Crippen molar-refractivity contribution in [1.82, 2.24) is 5.32 Å². The van der Waals surface area contributed by atoms with Gasteiger partial charge in [0.1, 0.15) is 6.04 Å². The number of aliphatic carboxylic acids is 2. The molecule has 0 aliphatic heterocycles. The Hall–Kier alpha value is -2.78. The molecule has 0 aromatic heterocycles. The Kier molecular flexibility index (Phi) is 5.55. The molecule has 23 heavy (non-hydrogen) atoms. The van der Waals surface area contributed by atoms with Crippen molar-refractivity contribution < 1.29 is 37.8 Å². The molecule has 1 aromatic carbocycles. The van der Waals surface area contributed by atoms with Crippen LogP contribution in [0.15, 0.2) is 18.2 Å². The molecule has 5 N–H and O–H groups in total. The molecule has 0 fully saturated rings. The van der Waals surface area contributed by atoms with Crippen molar-refractivity contribution in [2.45, 2.75) is 25.1 Å². The fourth-order valence-electron chi connectivity index (χ4n) is 1.76. The first-order chi connectivity index (χ1) is 10.5. The summed E-state index contributed by atoms with van der Waals surface area (Å²) in [6.07, 6.45) is -5.89. The summed E-state index contributed by atoms with van der Waals surface area (Å²) in [6.45, 7) is 0. The number of nitrogens with two attached hydrogens (primary N) is 1. The van der Waals surface area contributed by atoms with Crippen molar-refractivity contribution in [3.63, 3.8) is 0 Å². The molecule has 0 aliphatic carbocycles. The third-order valence-electron chi connectivity index (χ3n) is 2.84. The number of nitrogens with one attached hydrogen (secondary N) is 1. The second-order valence-electron chi connectivity index (χ2n) is 4.60. The van der Waals surface area contributed by atoms with Gasteiger partial charge in [0, 0.05) is 12.1 Å². The Balaban J connectivity index is 3.04. The van der Waals surface area contributed by atoms with Gasteiger partial charge in [0.15, 0.2) is 0 Å². The second kappa shape index (κ2) is 6.99. The van der Waals surface area contributed by atoms with Crippen molar-refractivity contribution in [2.24, 2.45) is 0 Å². The van der Waals surface area contributed by atoms with Gasteiger partial charge in [0.2, 0.25) is 0 Å². The number of amides is 1. The lowest BCUT2D eigenvalue weighted by Gasteiger charge is -2.17. The van der Waals surface area contributed by atoms with Gasteiger partial charge in [-0.1, -0.05) is 0 Å². The highest BCUT2D eigenvalue weighted by atomic mass is 19.4. The Labute approximate surface area is 127 Å². The number of halogens is 3. The number of carbonyl (C=O) groups is 3. The number of anilines is 1. The van der Waals surface area contributed by atoms with Crippen LogP contribution < -0.4 is 11.1 Å². The number of alkyl halides is 3. The van der Waals surface area contributed by atoms with Gasteiger partial charge in [-0.25, -0.2) is 4.79 Å². The highest BCUT2D eigenvalue weighted by Gasteiger charge is 2.36. The van der Waals surface area contributed by atoms with Crippen LogP contribution in [-0.2, 0) is 15.8 Å². The summed E-state index contributed by atoms with van der Waals surface area (Å²) in [5.74, 6) is -4.13. The number of rotatable bonds is 6. The molecule has 1 amide bonds. The topological polar surface area (TPSA) is 130 Å². The fourth-order valence-corrected chi connectivity index (χ4v) is 1.76. The van der Waals surface area contributed by atoms with Crippen molar-refractivity contribution in [1.29, 1.82) is 0 Å². The zero-order chi connectivity index (χ0) is 17.8. The summed E-state index contributed by atoms with van der Waals surface area (Å²) in [4.78, 5) is 33.3. The second-order valence-corrected chi connectivity index (χ2v) is 4.60. The molecular formula is C13H13F3N2O5. The fraction of sp³-hybridized carbons (Fsp3) is 0.308.